The molecule has 0 bridgehead atoms. The number of halogens is 3. The quantitative estimate of drug-likeness (QED) is 0.307. The molecule has 3 rings (SSSR count). The molecule has 0 saturated heterocycles. The lowest BCUT2D eigenvalue weighted by molar-refractivity contribution is 0.217. The summed E-state index contributed by atoms with van der Waals surface area (Å²) in [6, 6.07) is 13.8. The molecule has 3 aromatic rings. The van der Waals surface area contributed by atoms with Crippen LogP contribution >= 0.6 is 23.4 Å². The predicted molar refractivity (Wildman–Crippen MR) is 139 cm³/mol. The van der Waals surface area contributed by atoms with E-state index >= 15 is 0 Å². The van der Waals surface area contributed by atoms with Gasteiger partial charge in [-0.25, -0.2) is 17.2 Å². The molecule has 6 nitrogen and oxygen atoms in total. The Labute approximate surface area is 218 Å². The number of likely N-dealkylation sites (N-methyl/N-ethyl adjacent to an activating group) is 1. The molecule has 0 aliphatic carbocycles. The largest absolute Gasteiger partial charge is 0.491 e. The summed E-state index contributed by atoms with van der Waals surface area (Å²) in [4.78, 5) is 13.1. The second-order valence-electron chi connectivity index (χ2n) is 7.80. The number of thioether (sulfide) groups is 1. The van der Waals surface area contributed by atoms with Crippen molar-refractivity contribution in [2.75, 3.05) is 30.8 Å². The van der Waals surface area contributed by atoms with Gasteiger partial charge < -0.3 is 9.64 Å². The van der Waals surface area contributed by atoms with Crippen molar-refractivity contribution in [1.29, 1.82) is 0 Å². The molecular formula is C25H25ClF2N2O4S2. The van der Waals surface area contributed by atoms with Crippen LogP contribution in [0.2, 0.25) is 5.02 Å². The number of para-hydroxylation sites is 1. The highest BCUT2D eigenvalue weighted by Crippen LogP contribution is 2.38. The SMILES string of the molecule is CSC(=O)N(C)CCOc1ccccc1C(C)N(c1cc(F)ccc1F)S(=O)(=O)c1ccc(Cl)cc1. The number of nitrogens with zero attached hydrogens (tertiary/aromatic N) is 2. The Morgan fingerprint density at radius 2 is 1.75 bits per heavy atom. The zero-order valence-corrected chi connectivity index (χ0v) is 22.2. The normalized spacial score (nSPS) is 12.2. The molecule has 0 spiro atoms. The summed E-state index contributed by atoms with van der Waals surface area (Å²) in [5.74, 6) is -1.35. The Morgan fingerprint density at radius 3 is 2.42 bits per heavy atom. The maximum atomic E-state index is 14.9. The first-order valence-electron chi connectivity index (χ1n) is 10.8. The van der Waals surface area contributed by atoms with Gasteiger partial charge in [0.1, 0.15) is 24.0 Å². The van der Waals surface area contributed by atoms with Crippen molar-refractivity contribution in [1.82, 2.24) is 4.90 Å². The average Bonchev–Trinajstić information content (AvgIpc) is 2.86. The molecule has 1 amide bonds. The number of carbonyl (C=O) groups is 1. The summed E-state index contributed by atoms with van der Waals surface area (Å²) >= 11 is 7.00. The second kappa shape index (κ2) is 11.9. The second-order valence-corrected chi connectivity index (χ2v) is 10.8. The number of sulfonamides is 1. The first kappa shape index (κ1) is 27.8. The summed E-state index contributed by atoms with van der Waals surface area (Å²) in [5.41, 5.74) is -0.0184. The number of hydrogen-bond acceptors (Lipinski definition) is 5. The Hall–Kier alpha value is -2.82. The minimum Gasteiger partial charge on any atom is -0.491 e. The van der Waals surface area contributed by atoms with E-state index in [4.69, 9.17) is 16.3 Å². The van der Waals surface area contributed by atoms with Gasteiger partial charge >= 0.3 is 0 Å². The molecule has 0 fully saturated rings. The first-order chi connectivity index (χ1) is 17.1. The molecule has 3 aromatic carbocycles. The van der Waals surface area contributed by atoms with Crippen molar-refractivity contribution in [2.24, 2.45) is 0 Å². The number of ether oxygens (including phenoxy) is 1. The van der Waals surface area contributed by atoms with Crippen LogP contribution in [0.3, 0.4) is 0 Å². The van der Waals surface area contributed by atoms with Crippen LogP contribution in [0.25, 0.3) is 0 Å². The Balaban J connectivity index is 2.04. The predicted octanol–water partition coefficient (Wildman–Crippen LogP) is 6.37. The standard InChI is InChI=1S/C25H25ClF2N2O4S2/c1-17(21-6-4-5-7-24(21)34-15-14-29(2)25(31)35-3)30(23-16-19(27)10-13-22(23)28)36(32,33)20-11-8-18(26)9-12-20/h4-13,16-17H,14-15H2,1-3H3. The molecule has 0 N–H and O–H groups in total. The van der Waals surface area contributed by atoms with E-state index in [-0.39, 0.29) is 16.7 Å². The maximum absolute atomic E-state index is 14.9. The summed E-state index contributed by atoms with van der Waals surface area (Å²) < 4.78 is 63.3. The lowest BCUT2D eigenvalue weighted by atomic mass is 10.1. The Kier molecular flexibility index (Phi) is 9.21. The molecule has 36 heavy (non-hydrogen) atoms. The molecular weight excluding hydrogens is 530 g/mol. The van der Waals surface area contributed by atoms with Gasteiger partial charge in [0.15, 0.2) is 0 Å². The van der Waals surface area contributed by atoms with Crippen molar-refractivity contribution in [2.45, 2.75) is 17.9 Å². The van der Waals surface area contributed by atoms with E-state index < -0.39 is 33.4 Å². The fraction of sp³-hybridized carbons (Fsp3) is 0.240. The number of benzene rings is 3. The van der Waals surface area contributed by atoms with Crippen molar-refractivity contribution < 1.29 is 26.7 Å². The van der Waals surface area contributed by atoms with E-state index in [1.165, 1.54) is 29.2 Å². The number of amides is 1. The van der Waals surface area contributed by atoms with Crippen LogP contribution < -0.4 is 9.04 Å². The van der Waals surface area contributed by atoms with Crippen molar-refractivity contribution in [3.8, 4) is 5.75 Å². The van der Waals surface area contributed by atoms with E-state index in [0.29, 0.717) is 22.9 Å². The molecule has 0 heterocycles. The van der Waals surface area contributed by atoms with Gasteiger partial charge in [0.05, 0.1) is 23.2 Å². The van der Waals surface area contributed by atoms with Gasteiger partial charge in [-0.2, -0.15) is 0 Å². The van der Waals surface area contributed by atoms with Crippen LogP contribution in [-0.2, 0) is 10.0 Å². The zero-order chi connectivity index (χ0) is 26.5. The summed E-state index contributed by atoms with van der Waals surface area (Å²) in [6.45, 7) is 2.00. The van der Waals surface area contributed by atoms with Crippen LogP contribution in [-0.4, -0.2) is 45.0 Å². The third-order valence-corrected chi connectivity index (χ3v) is 8.22. The average molecular weight is 555 g/mol. The van der Waals surface area contributed by atoms with Gasteiger partial charge in [0.2, 0.25) is 0 Å². The highest BCUT2D eigenvalue weighted by atomic mass is 35.5. The highest BCUT2D eigenvalue weighted by Gasteiger charge is 2.34. The van der Waals surface area contributed by atoms with Gasteiger partial charge in [0, 0.05) is 23.7 Å². The van der Waals surface area contributed by atoms with Gasteiger partial charge in [-0.1, -0.05) is 41.6 Å². The number of carbonyl (C=O) groups excluding carboxylic acids is 1. The number of hydrogen-bond donors (Lipinski definition) is 0. The number of rotatable bonds is 9. The zero-order valence-electron chi connectivity index (χ0n) is 19.8. The van der Waals surface area contributed by atoms with Crippen LogP contribution in [0.4, 0.5) is 19.3 Å². The summed E-state index contributed by atoms with van der Waals surface area (Å²) in [7, 11) is -2.72. The van der Waals surface area contributed by atoms with Gasteiger partial charge in [-0.15, -0.1) is 0 Å². The van der Waals surface area contributed by atoms with Crippen LogP contribution in [0, 0.1) is 11.6 Å². The Bertz CT molecular complexity index is 1320. The minimum atomic E-state index is -4.37. The molecule has 192 valence electrons. The summed E-state index contributed by atoms with van der Waals surface area (Å²) in [6.07, 6.45) is 1.68. The van der Waals surface area contributed by atoms with Crippen LogP contribution in [0.1, 0.15) is 18.5 Å². The smallest absolute Gasteiger partial charge is 0.281 e. The lowest BCUT2D eigenvalue weighted by Gasteiger charge is -2.32. The highest BCUT2D eigenvalue weighted by molar-refractivity contribution is 8.12. The molecule has 0 saturated carbocycles. The molecule has 1 unspecified atom stereocenters. The van der Waals surface area contributed by atoms with E-state index in [9.17, 15) is 22.0 Å². The fourth-order valence-electron chi connectivity index (χ4n) is 3.54. The van der Waals surface area contributed by atoms with E-state index in [1.807, 2.05) is 0 Å². The van der Waals surface area contributed by atoms with Crippen molar-refractivity contribution in [3.05, 3.63) is 89.0 Å². The molecule has 0 aliphatic heterocycles. The minimum absolute atomic E-state index is 0.123. The van der Waals surface area contributed by atoms with E-state index in [2.05, 4.69) is 0 Å². The summed E-state index contributed by atoms with van der Waals surface area (Å²) in [5, 5.41) is 0.205. The van der Waals surface area contributed by atoms with Gasteiger partial charge in [-0.05, 0) is 55.6 Å². The third kappa shape index (κ3) is 6.29. The molecule has 0 radical (unpaired) electrons. The fourth-order valence-corrected chi connectivity index (χ4v) is 5.71. The molecule has 1 atom stereocenters. The van der Waals surface area contributed by atoms with E-state index in [1.54, 1.807) is 44.5 Å². The topological polar surface area (TPSA) is 66.9 Å². The molecule has 11 heteroatoms. The first-order valence-corrected chi connectivity index (χ1v) is 13.9. The van der Waals surface area contributed by atoms with Gasteiger partial charge in [0.25, 0.3) is 15.3 Å². The van der Waals surface area contributed by atoms with Crippen LogP contribution in [0.15, 0.2) is 71.6 Å². The maximum Gasteiger partial charge on any atom is 0.281 e. The van der Waals surface area contributed by atoms with Crippen molar-refractivity contribution >= 4 is 44.3 Å². The molecule has 0 aromatic heterocycles. The van der Waals surface area contributed by atoms with Crippen LogP contribution in [0.5, 0.6) is 5.75 Å². The van der Waals surface area contributed by atoms with Gasteiger partial charge in [-0.3, -0.25) is 9.10 Å². The number of anilines is 1. The van der Waals surface area contributed by atoms with Crippen molar-refractivity contribution in [3.63, 3.8) is 0 Å². The molecule has 0 aliphatic rings. The monoisotopic (exact) mass is 554 g/mol. The van der Waals surface area contributed by atoms with E-state index in [0.717, 1.165) is 34.3 Å². The third-order valence-electron chi connectivity index (χ3n) is 5.41. The Morgan fingerprint density at radius 1 is 1.08 bits per heavy atom. The lowest BCUT2D eigenvalue weighted by Crippen LogP contribution is -2.35.